The molecule has 2 fully saturated rings. The van der Waals surface area contributed by atoms with Crippen LogP contribution in [0.15, 0.2) is 43.1 Å². The summed E-state index contributed by atoms with van der Waals surface area (Å²) in [4.78, 5) is 45.6. The molecule has 5 heterocycles. The number of benzene rings is 1. The summed E-state index contributed by atoms with van der Waals surface area (Å²) in [5.74, 6) is -1.49. The summed E-state index contributed by atoms with van der Waals surface area (Å²) >= 11 is 0. The van der Waals surface area contributed by atoms with E-state index in [4.69, 9.17) is 5.73 Å². The summed E-state index contributed by atoms with van der Waals surface area (Å²) in [7, 11) is 0. The molecular weight excluding hydrogens is 544 g/mol. The zero-order valence-electron chi connectivity index (χ0n) is 23.1. The first-order valence-electron chi connectivity index (χ1n) is 14.1. The standard InChI is InChI=1S/C29H31F2N9O2/c1-2-17-13-33-29(34-14-17)38-10-7-19(8-11-38)40-15-21(31)24-26(35-16-36-27(24)40)37-22-6-5-18(12-20(22)30)28(42)39-9-3-4-23(39)25(32)41/h5-6,12-16,19,23H,2-4,7-11H2,1H3,(H2,32,41)(H,35,36,37)/t23-/m0/s1. The van der Waals surface area contributed by atoms with Gasteiger partial charge in [-0.1, -0.05) is 6.92 Å². The number of rotatable bonds is 7. The molecule has 3 aromatic heterocycles. The fraction of sp³-hybridized carbons (Fsp3) is 0.379. The van der Waals surface area contributed by atoms with Crippen molar-refractivity contribution < 1.29 is 18.4 Å². The van der Waals surface area contributed by atoms with E-state index >= 15 is 8.78 Å². The van der Waals surface area contributed by atoms with Crippen molar-refractivity contribution in [3.8, 4) is 0 Å². The quantitative estimate of drug-likeness (QED) is 0.340. The Hall–Kier alpha value is -4.68. The van der Waals surface area contributed by atoms with Gasteiger partial charge in [-0.3, -0.25) is 9.59 Å². The smallest absolute Gasteiger partial charge is 0.254 e. The molecule has 2 saturated heterocycles. The normalized spacial score (nSPS) is 17.6. The second kappa shape index (κ2) is 11.3. The van der Waals surface area contributed by atoms with Crippen molar-refractivity contribution in [1.29, 1.82) is 0 Å². The Balaban J connectivity index is 1.19. The van der Waals surface area contributed by atoms with Gasteiger partial charge in [-0.05, 0) is 55.9 Å². The lowest BCUT2D eigenvalue weighted by Crippen LogP contribution is -2.43. The molecule has 0 saturated carbocycles. The van der Waals surface area contributed by atoms with Crippen LogP contribution in [0.25, 0.3) is 11.0 Å². The van der Waals surface area contributed by atoms with Crippen LogP contribution in [0.1, 0.15) is 54.6 Å². The second-order valence-corrected chi connectivity index (χ2v) is 10.6. The van der Waals surface area contributed by atoms with E-state index in [1.165, 1.54) is 29.6 Å². The van der Waals surface area contributed by atoms with Gasteiger partial charge in [-0.15, -0.1) is 0 Å². The molecule has 13 heteroatoms. The zero-order valence-corrected chi connectivity index (χ0v) is 23.1. The van der Waals surface area contributed by atoms with Gasteiger partial charge in [0.2, 0.25) is 11.9 Å². The number of nitrogens with one attached hydrogen (secondary N) is 1. The number of amides is 2. The Morgan fingerprint density at radius 2 is 1.79 bits per heavy atom. The third-order valence-corrected chi connectivity index (χ3v) is 8.11. The fourth-order valence-electron chi connectivity index (χ4n) is 5.80. The maximum atomic E-state index is 15.3. The van der Waals surface area contributed by atoms with Gasteiger partial charge in [0.05, 0.1) is 11.1 Å². The monoisotopic (exact) mass is 575 g/mol. The average Bonchev–Trinajstić information content (AvgIpc) is 3.64. The minimum absolute atomic E-state index is 0.00256. The fourth-order valence-corrected chi connectivity index (χ4v) is 5.80. The van der Waals surface area contributed by atoms with Crippen molar-refractivity contribution in [3.63, 3.8) is 0 Å². The van der Waals surface area contributed by atoms with Crippen molar-refractivity contribution in [3.05, 3.63) is 65.9 Å². The zero-order chi connectivity index (χ0) is 29.4. The molecule has 2 aliphatic rings. The molecule has 2 amide bonds. The van der Waals surface area contributed by atoms with Crippen LogP contribution in [0.4, 0.5) is 26.2 Å². The summed E-state index contributed by atoms with van der Waals surface area (Å²) in [6.45, 7) is 3.85. The van der Waals surface area contributed by atoms with E-state index in [2.05, 4.69) is 37.1 Å². The van der Waals surface area contributed by atoms with Crippen LogP contribution in [0.2, 0.25) is 0 Å². The van der Waals surface area contributed by atoms with Gasteiger partial charge in [0.1, 0.15) is 29.7 Å². The van der Waals surface area contributed by atoms with Crippen molar-refractivity contribution >= 4 is 40.3 Å². The Morgan fingerprint density at radius 1 is 1.02 bits per heavy atom. The highest BCUT2D eigenvalue weighted by Gasteiger charge is 2.33. The van der Waals surface area contributed by atoms with E-state index in [1.807, 2.05) is 17.0 Å². The Labute approximate surface area is 240 Å². The second-order valence-electron chi connectivity index (χ2n) is 10.6. The molecule has 11 nitrogen and oxygen atoms in total. The van der Waals surface area contributed by atoms with Crippen molar-refractivity contribution in [2.75, 3.05) is 29.9 Å². The molecule has 1 aromatic carbocycles. The van der Waals surface area contributed by atoms with E-state index in [9.17, 15) is 9.59 Å². The number of nitrogens with zero attached hydrogens (tertiary/aromatic N) is 7. The van der Waals surface area contributed by atoms with E-state index in [0.29, 0.717) is 44.1 Å². The minimum atomic E-state index is -0.719. The van der Waals surface area contributed by atoms with E-state index in [0.717, 1.165) is 30.9 Å². The molecule has 0 unspecified atom stereocenters. The third-order valence-electron chi connectivity index (χ3n) is 8.11. The van der Waals surface area contributed by atoms with E-state index in [1.54, 1.807) is 0 Å². The van der Waals surface area contributed by atoms with Gasteiger partial charge >= 0.3 is 0 Å². The summed E-state index contributed by atoms with van der Waals surface area (Å²) in [5.41, 5.74) is 7.02. The number of fused-ring (bicyclic) bond motifs is 1. The summed E-state index contributed by atoms with van der Waals surface area (Å²) < 4.78 is 32.3. The lowest BCUT2D eigenvalue weighted by atomic mass is 10.1. The molecule has 2 aliphatic heterocycles. The van der Waals surface area contributed by atoms with Crippen molar-refractivity contribution in [2.24, 2.45) is 5.73 Å². The minimum Gasteiger partial charge on any atom is -0.368 e. The first-order chi connectivity index (χ1) is 20.3. The van der Waals surface area contributed by atoms with Crippen LogP contribution in [0, 0.1) is 11.6 Å². The number of carbonyl (C=O) groups excluding carboxylic acids is 2. The molecule has 42 heavy (non-hydrogen) atoms. The Kier molecular flexibility index (Phi) is 7.40. The number of anilines is 3. The highest BCUT2D eigenvalue weighted by Crippen LogP contribution is 2.33. The largest absolute Gasteiger partial charge is 0.368 e. The number of aromatic nitrogens is 5. The molecule has 0 aliphatic carbocycles. The average molecular weight is 576 g/mol. The number of aryl methyl sites for hydroxylation is 1. The molecule has 0 spiro atoms. The predicted molar refractivity (Wildman–Crippen MR) is 152 cm³/mol. The first kappa shape index (κ1) is 27.5. The van der Waals surface area contributed by atoms with Gasteiger partial charge in [0.25, 0.3) is 5.91 Å². The predicted octanol–water partition coefficient (Wildman–Crippen LogP) is 3.74. The van der Waals surface area contributed by atoms with Crippen LogP contribution >= 0.6 is 0 Å². The number of hydrogen-bond acceptors (Lipinski definition) is 8. The van der Waals surface area contributed by atoms with Gasteiger partial charge in [0.15, 0.2) is 5.82 Å². The first-order valence-corrected chi connectivity index (χ1v) is 14.1. The number of carbonyl (C=O) groups is 2. The SMILES string of the molecule is CCc1cnc(N2CCC(n3cc(F)c4c(Nc5ccc(C(=O)N6CCC[C@H]6C(N)=O)cc5F)ncnc43)CC2)nc1. The van der Waals surface area contributed by atoms with E-state index < -0.39 is 29.5 Å². The Bertz CT molecular complexity index is 1630. The van der Waals surface area contributed by atoms with Crippen LogP contribution < -0.4 is 16.0 Å². The molecule has 6 rings (SSSR count). The van der Waals surface area contributed by atoms with Crippen LogP contribution in [0.3, 0.4) is 0 Å². The number of piperidine rings is 1. The molecule has 0 radical (unpaired) electrons. The van der Waals surface area contributed by atoms with Crippen LogP contribution in [0.5, 0.6) is 0 Å². The Morgan fingerprint density at radius 3 is 2.48 bits per heavy atom. The highest BCUT2D eigenvalue weighted by atomic mass is 19.1. The summed E-state index contributed by atoms with van der Waals surface area (Å²) in [6.07, 6.45) is 9.91. The van der Waals surface area contributed by atoms with Crippen LogP contribution in [-0.4, -0.2) is 66.9 Å². The van der Waals surface area contributed by atoms with Crippen molar-refractivity contribution in [1.82, 2.24) is 29.4 Å². The molecule has 4 aromatic rings. The molecular formula is C29H31F2N9O2. The number of likely N-dealkylation sites (tertiary alicyclic amines) is 1. The lowest BCUT2D eigenvalue weighted by Gasteiger charge is -2.32. The van der Waals surface area contributed by atoms with Gasteiger partial charge in [0, 0.05) is 49.8 Å². The van der Waals surface area contributed by atoms with E-state index in [-0.39, 0.29) is 28.5 Å². The third kappa shape index (κ3) is 5.10. The molecule has 1 atom stereocenters. The van der Waals surface area contributed by atoms with Gasteiger partial charge in [-0.25, -0.2) is 28.7 Å². The number of nitrogens with two attached hydrogens (primary N) is 1. The van der Waals surface area contributed by atoms with Gasteiger partial charge < -0.3 is 25.4 Å². The topological polar surface area (TPSA) is 135 Å². The lowest BCUT2D eigenvalue weighted by molar-refractivity contribution is -0.121. The summed E-state index contributed by atoms with van der Waals surface area (Å²) in [6, 6.07) is 3.24. The molecule has 0 bridgehead atoms. The summed E-state index contributed by atoms with van der Waals surface area (Å²) in [5, 5.41) is 3.02. The van der Waals surface area contributed by atoms with Crippen LogP contribution in [-0.2, 0) is 11.2 Å². The maximum Gasteiger partial charge on any atom is 0.254 e. The highest BCUT2D eigenvalue weighted by molar-refractivity contribution is 5.98. The van der Waals surface area contributed by atoms with Crippen molar-refractivity contribution in [2.45, 2.75) is 51.1 Å². The van der Waals surface area contributed by atoms with Gasteiger partial charge in [-0.2, -0.15) is 0 Å². The number of halogens is 2. The number of primary amides is 1. The molecule has 3 N–H and O–H groups in total. The maximum absolute atomic E-state index is 15.3. The number of hydrogen-bond donors (Lipinski definition) is 2. The molecule has 218 valence electrons.